The topological polar surface area (TPSA) is 116 Å². The van der Waals surface area contributed by atoms with Crippen molar-refractivity contribution in [1.82, 2.24) is 30.0 Å². The van der Waals surface area contributed by atoms with Gasteiger partial charge < -0.3 is 16.0 Å². The van der Waals surface area contributed by atoms with E-state index < -0.39 is 0 Å². The SMILES string of the molecule is C[C@H]1CN(C(=O)Nc2ccc3c(c2)CCC3)CCN1Cc1nc(N)nc2[nH]ncc12. The van der Waals surface area contributed by atoms with Gasteiger partial charge >= 0.3 is 6.03 Å². The summed E-state index contributed by atoms with van der Waals surface area (Å²) in [5, 5.41) is 10.9. The predicted molar refractivity (Wildman–Crippen MR) is 115 cm³/mol. The minimum absolute atomic E-state index is 0.0389. The van der Waals surface area contributed by atoms with Crippen molar-refractivity contribution in [3.8, 4) is 0 Å². The highest BCUT2D eigenvalue weighted by molar-refractivity contribution is 5.89. The molecule has 0 saturated carbocycles. The van der Waals surface area contributed by atoms with Crippen molar-refractivity contribution in [2.24, 2.45) is 0 Å². The number of carbonyl (C=O) groups excluding carboxylic acids is 1. The molecule has 30 heavy (non-hydrogen) atoms. The molecule has 2 aromatic heterocycles. The summed E-state index contributed by atoms with van der Waals surface area (Å²) in [6.07, 6.45) is 5.18. The number of urea groups is 1. The Morgan fingerprint density at radius 1 is 1.27 bits per heavy atom. The van der Waals surface area contributed by atoms with Crippen LogP contribution in [0.25, 0.3) is 11.0 Å². The van der Waals surface area contributed by atoms with Crippen LogP contribution in [0.3, 0.4) is 0 Å². The number of nitrogens with two attached hydrogens (primary N) is 1. The number of anilines is 2. The molecular formula is C21H26N8O. The van der Waals surface area contributed by atoms with E-state index in [9.17, 15) is 4.79 Å². The molecule has 9 heteroatoms. The number of nitrogens with one attached hydrogen (secondary N) is 2. The molecule has 156 valence electrons. The average molecular weight is 406 g/mol. The van der Waals surface area contributed by atoms with E-state index in [0.29, 0.717) is 25.3 Å². The number of amides is 2. The number of nitrogens with zero attached hydrogens (tertiary/aromatic N) is 5. The molecule has 1 atom stereocenters. The molecular weight excluding hydrogens is 380 g/mol. The summed E-state index contributed by atoms with van der Waals surface area (Å²) in [5.41, 5.74) is 11.0. The summed E-state index contributed by atoms with van der Waals surface area (Å²) in [6, 6.07) is 6.43. The zero-order valence-electron chi connectivity index (χ0n) is 17.1. The van der Waals surface area contributed by atoms with Crippen LogP contribution in [-0.2, 0) is 19.4 Å². The van der Waals surface area contributed by atoms with Crippen LogP contribution in [-0.4, -0.2) is 61.7 Å². The number of fused-ring (bicyclic) bond motifs is 2. The monoisotopic (exact) mass is 406 g/mol. The van der Waals surface area contributed by atoms with Gasteiger partial charge in [0.25, 0.3) is 0 Å². The van der Waals surface area contributed by atoms with E-state index in [-0.39, 0.29) is 18.0 Å². The number of nitrogen functional groups attached to an aromatic ring is 1. The maximum atomic E-state index is 12.8. The lowest BCUT2D eigenvalue weighted by Gasteiger charge is -2.39. The molecule has 0 unspecified atom stereocenters. The van der Waals surface area contributed by atoms with E-state index >= 15 is 0 Å². The van der Waals surface area contributed by atoms with Crippen LogP contribution >= 0.6 is 0 Å². The molecule has 1 aliphatic heterocycles. The maximum absolute atomic E-state index is 12.8. The number of aromatic amines is 1. The van der Waals surface area contributed by atoms with Crippen LogP contribution in [0, 0.1) is 0 Å². The van der Waals surface area contributed by atoms with Crippen LogP contribution in [0.4, 0.5) is 16.4 Å². The largest absolute Gasteiger partial charge is 0.368 e. The van der Waals surface area contributed by atoms with E-state index in [2.05, 4.69) is 49.4 Å². The first kappa shape index (κ1) is 18.8. The second kappa shape index (κ2) is 7.56. The van der Waals surface area contributed by atoms with Gasteiger partial charge in [-0.15, -0.1) is 0 Å². The van der Waals surface area contributed by atoms with Crippen LogP contribution < -0.4 is 11.1 Å². The fourth-order valence-corrected chi connectivity index (χ4v) is 4.49. The lowest BCUT2D eigenvalue weighted by molar-refractivity contribution is 0.0968. The summed E-state index contributed by atoms with van der Waals surface area (Å²) >= 11 is 0. The van der Waals surface area contributed by atoms with Gasteiger partial charge in [0.1, 0.15) is 0 Å². The standard InChI is InChI=1S/C21H26N8O/c1-13-11-29(21(30)24-16-6-5-14-3-2-4-15(14)9-16)8-7-28(13)12-18-17-10-23-27-19(17)26-20(22)25-18/h5-6,9-10,13H,2-4,7-8,11-12H2,1H3,(H,24,30)(H3,22,23,25,26,27)/t13-/m0/s1. The molecule has 9 nitrogen and oxygen atoms in total. The number of rotatable bonds is 3. The minimum Gasteiger partial charge on any atom is -0.368 e. The molecule has 2 aliphatic rings. The van der Waals surface area contributed by atoms with Gasteiger partial charge in [0.15, 0.2) is 5.65 Å². The zero-order valence-corrected chi connectivity index (χ0v) is 17.1. The lowest BCUT2D eigenvalue weighted by Crippen LogP contribution is -2.54. The first-order chi connectivity index (χ1) is 14.6. The van der Waals surface area contributed by atoms with Crippen LogP contribution in [0.1, 0.15) is 30.2 Å². The Labute approximate surface area is 174 Å². The summed E-state index contributed by atoms with van der Waals surface area (Å²) < 4.78 is 0. The number of carbonyl (C=O) groups is 1. The number of piperazine rings is 1. The van der Waals surface area contributed by atoms with E-state index in [0.717, 1.165) is 36.2 Å². The third-order valence-corrected chi connectivity index (χ3v) is 6.16. The highest BCUT2D eigenvalue weighted by Gasteiger charge is 2.28. The summed E-state index contributed by atoms with van der Waals surface area (Å²) in [5.74, 6) is 0.238. The van der Waals surface area contributed by atoms with Crippen molar-refractivity contribution in [2.45, 2.75) is 38.8 Å². The fraction of sp³-hybridized carbons (Fsp3) is 0.429. The van der Waals surface area contributed by atoms with Gasteiger partial charge in [-0.2, -0.15) is 10.1 Å². The second-order valence-electron chi connectivity index (χ2n) is 8.19. The normalized spacial score (nSPS) is 19.2. The number of hydrogen-bond donors (Lipinski definition) is 3. The first-order valence-electron chi connectivity index (χ1n) is 10.4. The van der Waals surface area contributed by atoms with E-state index in [1.54, 1.807) is 6.20 Å². The van der Waals surface area contributed by atoms with Gasteiger partial charge in [0.2, 0.25) is 5.95 Å². The average Bonchev–Trinajstić information content (AvgIpc) is 3.38. The highest BCUT2D eigenvalue weighted by atomic mass is 16.2. The Kier molecular flexibility index (Phi) is 4.74. The fourth-order valence-electron chi connectivity index (χ4n) is 4.49. The van der Waals surface area contributed by atoms with Gasteiger partial charge in [-0.3, -0.25) is 10.00 Å². The number of aromatic nitrogens is 4. The highest BCUT2D eigenvalue weighted by Crippen LogP contribution is 2.25. The molecule has 0 spiro atoms. The quantitative estimate of drug-likeness (QED) is 0.614. The Morgan fingerprint density at radius 2 is 2.13 bits per heavy atom. The smallest absolute Gasteiger partial charge is 0.321 e. The number of hydrogen-bond acceptors (Lipinski definition) is 6. The van der Waals surface area contributed by atoms with Gasteiger partial charge in [-0.25, -0.2) is 9.78 Å². The molecule has 4 N–H and O–H groups in total. The Morgan fingerprint density at radius 3 is 3.00 bits per heavy atom. The number of H-pyrrole nitrogens is 1. The van der Waals surface area contributed by atoms with E-state index in [4.69, 9.17) is 5.73 Å². The minimum atomic E-state index is -0.0389. The molecule has 1 aromatic carbocycles. The molecule has 1 aliphatic carbocycles. The van der Waals surface area contributed by atoms with Gasteiger partial charge in [-0.05, 0) is 49.4 Å². The van der Waals surface area contributed by atoms with Crippen LogP contribution in [0.2, 0.25) is 0 Å². The molecule has 2 amide bonds. The summed E-state index contributed by atoms with van der Waals surface area (Å²) in [4.78, 5) is 25.6. The van der Waals surface area contributed by atoms with Gasteiger partial charge in [0.05, 0.1) is 17.3 Å². The van der Waals surface area contributed by atoms with Gasteiger partial charge in [-0.1, -0.05) is 6.07 Å². The predicted octanol–water partition coefficient (Wildman–Crippen LogP) is 2.16. The molecule has 3 heterocycles. The third kappa shape index (κ3) is 3.56. The summed E-state index contributed by atoms with van der Waals surface area (Å²) in [7, 11) is 0. The Balaban J connectivity index is 1.23. The van der Waals surface area contributed by atoms with Crippen molar-refractivity contribution >= 4 is 28.7 Å². The van der Waals surface area contributed by atoms with Crippen molar-refractivity contribution in [3.05, 3.63) is 41.2 Å². The lowest BCUT2D eigenvalue weighted by atomic mass is 10.1. The second-order valence-corrected chi connectivity index (χ2v) is 8.19. The van der Waals surface area contributed by atoms with Crippen LogP contribution in [0.5, 0.6) is 0 Å². The molecule has 3 aromatic rings. The Hall–Kier alpha value is -3.20. The van der Waals surface area contributed by atoms with E-state index in [1.807, 2.05) is 11.0 Å². The van der Waals surface area contributed by atoms with E-state index in [1.165, 1.54) is 17.5 Å². The van der Waals surface area contributed by atoms with Crippen molar-refractivity contribution in [3.63, 3.8) is 0 Å². The molecule has 5 rings (SSSR count). The first-order valence-corrected chi connectivity index (χ1v) is 10.4. The van der Waals surface area contributed by atoms with Crippen molar-refractivity contribution in [2.75, 3.05) is 30.7 Å². The Bertz CT molecular complexity index is 1090. The third-order valence-electron chi connectivity index (χ3n) is 6.16. The zero-order chi connectivity index (χ0) is 20.7. The summed E-state index contributed by atoms with van der Waals surface area (Å²) in [6.45, 7) is 4.86. The van der Waals surface area contributed by atoms with Gasteiger partial charge in [0, 0.05) is 37.9 Å². The molecule has 0 radical (unpaired) electrons. The van der Waals surface area contributed by atoms with Crippen molar-refractivity contribution < 1.29 is 4.79 Å². The number of benzene rings is 1. The number of aryl methyl sites for hydroxylation is 2. The molecule has 1 fully saturated rings. The maximum Gasteiger partial charge on any atom is 0.321 e. The van der Waals surface area contributed by atoms with Crippen LogP contribution in [0.15, 0.2) is 24.4 Å². The van der Waals surface area contributed by atoms with Crippen molar-refractivity contribution in [1.29, 1.82) is 0 Å². The molecule has 1 saturated heterocycles. The molecule has 0 bridgehead atoms.